The van der Waals surface area contributed by atoms with Crippen molar-refractivity contribution in [3.8, 4) is 0 Å². The largest absolute Gasteiger partial charge is 0.442 e. The molecule has 0 bridgehead atoms. The van der Waals surface area contributed by atoms with Gasteiger partial charge in [0.25, 0.3) is 0 Å². The number of nitrogens with zero attached hydrogens (tertiary/aromatic N) is 3. The lowest BCUT2D eigenvalue weighted by Gasteiger charge is -2.32. The quantitative estimate of drug-likeness (QED) is 0.762. The molecule has 1 aliphatic rings. The Hall–Kier alpha value is -1.67. The summed E-state index contributed by atoms with van der Waals surface area (Å²) in [5, 5.41) is 5.50. The van der Waals surface area contributed by atoms with Crippen molar-refractivity contribution in [3.05, 3.63) is 39.4 Å². The number of anilines is 1. The minimum absolute atomic E-state index is 0.238. The number of nitrogens with one attached hydrogen (secondary N) is 1. The van der Waals surface area contributed by atoms with Gasteiger partial charge in [0.15, 0.2) is 0 Å². The number of piperidine rings is 1. The van der Waals surface area contributed by atoms with Gasteiger partial charge in [-0.2, -0.15) is 0 Å². The van der Waals surface area contributed by atoms with E-state index in [1.54, 1.807) is 6.20 Å². The molecule has 1 saturated heterocycles. The Bertz CT molecular complexity index is 658. The van der Waals surface area contributed by atoms with Gasteiger partial charge in [-0.25, -0.2) is 14.8 Å². The average Bonchev–Trinajstić information content (AvgIpc) is 3.15. The molecule has 1 amide bonds. The van der Waals surface area contributed by atoms with E-state index >= 15 is 0 Å². The van der Waals surface area contributed by atoms with Gasteiger partial charge in [-0.3, -0.25) is 0 Å². The second-order valence-corrected chi connectivity index (χ2v) is 7.88. The number of thiazole rings is 1. The van der Waals surface area contributed by atoms with Gasteiger partial charge in [0.1, 0.15) is 17.4 Å². The first-order valence-corrected chi connectivity index (χ1v) is 10.0. The molecule has 134 valence electrons. The van der Waals surface area contributed by atoms with Crippen molar-refractivity contribution < 1.29 is 9.53 Å². The standard InChI is InChI=1S/C17H21BrN4O2S/c18-14-1-2-15(21-11-14)22-8-4-13(5-9-22)3-6-20-17(23)24-12-16-19-7-10-25-16/h1-2,7,10-11,13H,3-6,8-9,12H2,(H,20,23). The maximum absolute atomic E-state index is 11.7. The lowest BCUT2D eigenvalue weighted by molar-refractivity contribution is 0.138. The van der Waals surface area contributed by atoms with Crippen molar-refractivity contribution in [3.63, 3.8) is 0 Å². The van der Waals surface area contributed by atoms with Crippen molar-refractivity contribution >= 4 is 39.2 Å². The van der Waals surface area contributed by atoms with E-state index in [1.807, 2.05) is 23.7 Å². The van der Waals surface area contributed by atoms with E-state index in [-0.39, 0.29) is 12.7 Å². The van der Waals surface area contributed by atoms with Crippen molar-refractivity contribution in [1.82, 2.24) is 15.3 Å². The Kier molecular flexibility index (Phi) is 6.63. The summed E-state index contributed by atoms with van der Waals surface area (Å²) in [5.41, 5.74) is 0. The normalized spacial score (nSPS) is 15.2. The summed E-state index contributed by atoms with van der Waals surface area (Å²) in [6.45, 7) is 2.90. The van der Waals surface area contributed by atoms with Gasteiger partial charge in [-0.1, -0.05) is 0 Å². The zero-order chi connectivity index (χ0) is 17.5. The molecule has 6 nitrogen and oxygen atoms in total. The number of hydrogen-bond donors (Lipinski definition) is 1. The molecule has 3 heterocycles. The van der Waals surface area contributed by atoms with Gasteiger partial charge in [-0.15, -0.1) is 11.3 Å². The highest BCUT2D eigenvalue weighted by atomic mass is 79.9. The molecule has 3 rings (SSSR count). The third kappa shape index (κ3) is 5.67. The summed E-state index contributed by atoms with van der Waals surface area (Å²) in [5.74, 6) is 1.66. The zero-order valence-electron chi connectivity index (χ0n) is 13.9. The fourth-order valence-electron chi connectivity index (χ4n) is 2.89. The molecule has 0 aliphatic carbocycles. The molecule has 1 fully saturated rings. The molecule has 1 N–H and O–H groups in total. The third-order valence-electron chi connectivity index (χ3n) is 4.28. The minimum Gasteiger partial charge on any atom is -0.442 e. The fraction of sp³-hybridized carbons (Fsp3) is 0.471. The highest BCUT2D eigenvalue weighted by Gasteiger charge is 2.20. The Labute approximate surface area is 159 Å². The molecule has 0 unspecified atom stereocenters. The summed E-state index contributed by atoms with van der Waals surface area (Å²) in [6.07, 6.45) is 6.39. The Morgan fingerprint density at radius 2 is 2.20 bits per heavy atom. The maximum atomic E-state index is 11.7. The van der Waals surface area contributed by atoms with Crippen LogP contribution in [0.2, 0.25) is 0 Å². The molecule has 8 heteroatoms. The number of amides is 1. The number of pyridine rings is 1. The van der Waals surface area contributed by atoms with Crippen molar-refractivity contribution in [2.24, 2.45) is 5.92 Å². The second kappa shape index (κ2) is 9.15. The van der Waals surface area contributed by atoms with Crippen LogP contribution >= 0.6 is 27.3 Å². The number of halogens is 1. The molecule has 2 aromatic heterocycles. The molecule has 0 saturated carbocycles. The zero-order valence-corrected chi connectivity index (χ0v) is 16.3. The smallest absolute Gasteiger partial charge is 0.407 e. The van der Waals surface area contributed by atoms with Gasteiger partial charge in [0, 0.05) is 41.9 Å². The first-order chi connectivity index (χ1) is 12.2. The van der Waals surface area contributed by atoms with Crippen molar-refractivity contribution in [2.75, 3.05) is 24.5 Å². The molecule has 0 atom stereocenters. The summed E-state index contributed by atoms with van der Waals surface area (Å²) >= 11 is 4.89. The molecule has 0 aromatic carbocycles. The number of carbonyl (C=O) groups is 1. The topological polar surface area (TPSA) is 67.4 Å². The predicted octanol–water partition coefficient (Wildman–Crippen LogP) is 3.83. The number of alkyl carbamates (subject to hydrolysis) is 1. The van der Waals surface area contributed by atoms with Crippen LogP contribution < -0.4 is 10.2 Å². The number of ether oxygens (including phenoxy) is 1. The van der Waals surface area contributed by atoms with Crippen LogP contribution in [-0.2, 0) is 11.3 Å². The first-order valence-electron chi connectivity index (χ1n) is 8.36. The van der Waals surface area contributed by atoms with Crippen LogP contribution in [0.1, 0.15) is 24.3 Å². The molecule has 0 radical (unpaired) electrons. The molecule has 1 aliphatic heterocycles. The summed E-state index contributed by atoms with van der Waals surface area (Å²) in [4.78, 5) is 22.5. The van der Waals surface area contributed by atoms with E-state index in [2.05, 4.69) is 36.1 Å². The van der Waals surface area contributed by atoms with E-state index < -0.39 is 0 Å². The summed E-state index contributed by atoms with van der Waals surface area (Å²) < 4.78 is 6.14. The van der Waals surface area contributed by atoms with Crippen LogP contribution in [-0.4, -0.2) is 35.7 Å². The molecular weight excluding hydrogens is 404 g/mol. The van der Waals surface area contributed by atoms with Gasteiger partial charge < -0.3 is 15.0 Å². The molecular formula is C17H21BrN4O2S. The number of rotatable bonds is 6. The van der Waals surface area contributed by atoms with Crippen LogP contribution in [0.15, 0.2) is 34.4 Å². The van der Waals surface area contributed by atoms with Crippen LogP contribution in [0.5, 0.6) is 0 Å². The molecule has 25 heavy (non-hydrogen) atoms. The van der Waals surface area contributed by atoms with E-state index in [1.165, 1.54) is 11.3 Å². The van der Waals surface area contributed by atoms with Crippen molar-refractivity contribution in [1.29, 1.82) is 0 Å². The van der Waals surface area contributed by atoms with Gasteiger partial charge in [-0.05, 0) is 53.2 Å². The van der Waals surface area contributed by atoms with E-state index in [0.717, 1.165) is 47.7 Å². The van der Waals surface area contributed by atoms with Gasteiger partial charge in [0.05, 0.1) is 0 Å². The molecule has 2 aromatic rings. The van der Waals surface area contributed by atoms with Crippen LogP contribution in [0.25, 0.3) is 0 Å². The first kappa shape index (κ1) is 18.1. The highest BCUT2D eigenvalue weighted by Crippen LogP contribution is 2.24. The number of carbonyl (C=O) groups excluding carboxylic acids is 1. The highest BCUT2D eigenvalue weighted by molar-refractivity contribution is 9.10. The minimum atomic E-state index is -0.369. The second-order valence-electron chi connectivity index (χ2n) is 5.98. The monoisotopic (exact) mass is 424 g/mol. The maximum Gasteiger partial charge on any atom is 0.407 e. The summed E-state index contributed by atoms with van der Waals surface area (Å²) in [7, 11) is 0. The Morgan fingerprint density at radius 1 is 1.36 bits per heavy atom. The van der Waals surface area contributed by atoms with Gasteiger partial charge in [0.2, 0.25) is 0 Å². The lowest BCUT2D eigenvalue weighted by atomic mass is 9.93. The molecule has 0 spiro atoms. The Balaban J connectivity index is 1.31. The van der Waals surface area contributed by atoms with Crippen LogP contribution in [0.4, 0.5) is 10.6 Å². The summed E-state index contributed by atoms with van der Waals surface area (Å²) in [6, 6.07) is 4.07. The number of aromatic nitrogens is 2. The fourth-order valence-corrected chi connectivity index (χ4v) is 3.65. The van der Waals surface area contributed by atoms with E-state index in [9.17, 15) is 4.79 Å². The predicted molar refractivity (Wildman–Crippen MR) is 102 cm³/mol. The van der Waals surface area contributed by atoms with Crippen molar-refractivity contribution in [2.45, 2.75) is 25.9 Å². The lowest BCUT2D eigenvalue weighted by Crippen LogP contribution is -2.35. The van der Waals surface area contributed by atoms with Crippen LogP contribution in [0.3, 0.4) is 0 Å². The number of hydrogen-bond acceptors (Lipinski definition) is 6. The third-order valence-corrected chi connectivity index (χ3v) is 5.50. The van der Waals surface area contributed by atoms with Gasteiger partial charge >= 0.3 is 6.09 Å². The van der Waals surface area contributed by atoms with Crippen LogP contribution in [0, 0.1) is 5.92 Å². The van der Waals surface area contributed by atoms with E-state index in [4.69, 9.17) is 4.74 Å². The Morgan fingerprint density at radius 3 is 2.88 bits per heavy atom. The SMILES string of the molecule is O=C(NCCC1CCN(c2ccc(Br)cn2)CC1)OCc1nccs1. The van der Waals surface area contributed by atoms with E-state index in [0.29, 0.717) is 12.5 Å². The average molecular weight is 425 g/mol.